The lowest BCUT2D eigenvalue weighted by atomic mass is 9.96. The van der Waals surface area contributed by atoms with Crippen molar-refractivity contribution in [3.05, 3.63) is 90.6 Å². The molecule has 2 heterocycles. The van der Waals surface area contributed by atoms with Crippen molar-refractivity contribution in [3.63, 3.8) is 0 Å². The summed E-state index contributed by atoms with van der Waals surface area (Å²) in [5, 5.41) is 20.8. The third-order valence-corrected chi connectivity index (χ3v) is 9.20. The van der Waals surface area contributed by atoms with Crippen molar-refractivity contribution < 1.29 is 24.3 Å². The van der Waals surface area contributed by atoms with E-state index in [2.05, 4.69) is 27.5 Å². The molecular formula is C34H41N5O5S. The van der Waals surface area contributed by atoms with Gasteiger partial charge in [-0.2, -0.15) is 0 Å². The van der Waals surface area contributed by atoms with Gasteiger partial charge in [-0.3, -0.25) is 19.2 Å². The van der Waals surface area contributed by atoms with Gasteiger partial charge in [0.1, 0.15) is 17.8 Å². The Kier molecular flexibility index (Phi) is 11.0. The zero-order chi connectivity index (χ0) is 32.7. The fraction of sp³-hybridized carbons (Fsp3) is 0.382. The van der Waals surface area contributed by atoms with Gasteiger partial charge in [-0.25, -0.2) is 4.98 Å². The average molecular weight is 632 g/mol. The van der Waals surface area contributed by atoms with E-state index >= 15 is 0 Å². The van der Waals surface area contributed by atoms with Crippen molar-refractivity contribution in [3.8, 4) is 0 Å². The normalized spacial score (nSPS) is 17.7. The summed E-state index contributed by atoms with van der Waals surface area (Å²) < 4.78 is -0.609. The molecule has 238 valence electrons. The highest BCUT2D eigenvalue weighted by molar-refractivity contribution is 8.00. The molecule has 4 N–H and O–H groups in total. The number of aromatic nitrogens is 1. The fourth-order valence-corrected chi connectivity index (χ4v) is 6.49. The minimum absolute atomic E-state index is 0.141. The zero-order valence-electron chi connectivity index (χ0n) is 26.0. The lowest BCUT2D eigenvalue weighted by Crippen LogP contribution is -2.60. The molecule has 0 saturated carbocycles. The van der Waals surface area contributed by atoms with Crippen LogP contribution in [0.5, 0.6) is 0 Å². The predicted octanol–water partition coefficient (Wildman–Crippen LogP) is 3.06. The van der Waals surface area contributed by atoms with Gasteiger partial charge in [0.15, 0.2) is 6.10 Å². The van der Waals surface area contributed by atoms with Crippen LogP contribution in [0.3, 0.4) is 0 Å². The van der Waals surface area contributed by atoms with E-state index in [0.29, 0.717) is 5.52 Å². The van der Waals surface area contributed by atoms with E-state index in [1.165, 1.54) is 16.7 Å². The SMILES string of the molecule is C=CCNC(=O)[C@H]1N(C(=O)[C@@H](O)[C@H](Cc2ccccc2)NC(=O)[C@@H](NC(=O)c2ccc3ccccc3n2)C(C)C)CSC1(C)C. The van der Waals surface area contributed by atoms with Crippen LogP contribution < -0.4 is 16.0 Å². The van der Waals surface area contributed by atoms with E-state index in [0.717, 1.165) is 10.9 Å². The molecule has 2 aromatic carbocycles. The summed E-state index contributed by atoms with van der Waals surface area (Å²) in [6.45, 7) is 11.2. The van der Waals surface area contributed by atoms with E-state index in [9.17, 15) is 24.3 Å². The van der Waals surface area contributed by atoms with Gasteiger partial charge in [-0.1, -0.05) is 74.5 Å². The summed E-state index contributed by atoms with van der Waals surface area (Å²) in [4.78, 5) is 59.7. The molecule has 3 aromatic rings. The first-order chi connectivity index (χ1) is 21.4. The number of para-hydroxylation sites is 1. The molecule has 4 atom stereocenters. The topological polar surface area (TPSA) is 141 Å². The van der Waals surface area contributed by atoms with Gasteiger partial charge in [-0.05, 0) is 43.9 Å². The molecule has 0 bridgehead atoms. The number of amides is 4. The maximum absolute atomic E-state index is 13.8. The summed E-state index contributed by atoms with van der Waals surface area (Å²) in [6.07, 6.45) is 0.0331. The van der Waals surface area contributed by atoms with Gasteiger partial charge >= 0.3 is 0 Å². The van der Waals surface area contributed by atoms with Crippen molar-refractivity contribution in [1.29, 1.82) is 0 Å². The lowest BCUT2D eigenvalue weighted by molar-refractivity contribution is -0.147. The second-order valence-corrected chi connectivity index (χ2v) is 13.6. The van der Waals surface area contributed by atoms with Crippen molar-refractivity contribution in [1.82, 2.24) is 25.8 Å². The third kappa shape index (κ3) is 8.09. The Labute approximate surface area is 268 Å². The number of hydrogen-bond acceptors (Lipinski definition) is 7. The molecular weight excluding hydrogens is 590 g/mol. The van der Waals surface area contributed by atoms with Gasteiger partial charge < -0.3 is 26.0 Å². The highest BCUT2D eigenvalue weighted by Gasteiger charge is 2.49. The van der Waals surface area contributed by atoms with Crippen LogP contribution in [0.1, 0.15) is 43.7 Å². The standard InChI is InChI=1S/C34H41N5O5S/c1-6-18-35-32(43)29-34(4,5)45-20-39(29)33(44)28(40)26(19-22-12-8-7-9-13-22)37-31(42)27(21(2)3)38-30(41)25-17-16-23-14-10-11-15-24(23)36-25/h6-17,21,26-29,40H,1,18-20H2,2-5H3,(H,35,43)(H,37,42)(H,38,41)/t26-,27-,28-,29+/m0/s1. The molecule has 1 aromatic heterocycles. The quantitative estimate of drug-likeness (QED) is 0.225. The number of rotatable bonds is 12. The molecule has 4 amide bonds. The molecule has 1 aliphatic rings. The van der Waals surface area contributed by atoms with Gasteiger partial charge in [0, 0.05) is 16.7 Å². The molecule has 11 heteroatoms. The molecule has 10 nitrogen and oxygen atoms in total. The summed E-state index contributed by atoms with van der Waals surface area (Å²) in [6, 6.07) is 17.1. The number of nitrogens with one attached hydrogen (secondary N) is 3. The van der Waals surface area contributed by atoms with Crippen molar-refractivity contribution in [2.75, 3.05) is 12.4 Å². The number of carbonyl (C=O) groups is 4. The van der Waals surface area contributed by atoms with Crippen LogP contribution >= 0.6 is 11.8 Å². The first kappa shape index (κ1) is 33.7. The number of aliphatic hydroxyl groups is 1. The predicted molar refractivity (Wildman–Crippen MR) is 176 cm³/mol. The number of aliphatic hydroxyl groups excluding tert-OH is 1. The van der Waals surface area contributed by atoms with Crippen LogP contribution in [-0.2, 0) is 20.8 Å². The maximum Gasteiger partial charge on any atom is 0.270 e. The summed E-state index contributed by atoms with van der Waals surface area (Å²) in [5.41, 5.74) is 1.61. The molecule has 1 aliphatic heterocycles. The molecule has 4 rings (SSSR count). The minimum Gasteiger partial charge on any atom is -0.381 e. The van der Waals surface area contributed by atoms with E-state index < -0.39 is 46.7 Å². The van der Waals surface area contributed by atoms with Crippen LogP contribution in [-0.4, -0.2) is 80.0 Å². The van der Waals surface area contributed by atoms with Crippen LogP contribution in [0.25, 0.3) is 10.9 Å². The zero-order valence-corrected chi connectivity index (χ0v) is 26.8. The van der Waals surface area contributed by atoms with Crippen molar-refractivity contribution >= 4 is 46.3 Å². The van der Waals surface area contributed by atoms with Crippen LogP contribution in [0, 0.1) is 5.92 Å². The van der Waals surface area contributed by atoms with E-state index in [4.69, 9.17) is 0 Å². The number of carbonyl (C=O) groups excluding carboxylic acids is 4. The summed E-state index contributed by atoms with van der Waals surface area (Å²) in [7, 11) is 0. The molecule has 1 fully saturated rings. The van der Waals surface area contributed by atoms with E-state index in [1.54, 1.807) is 38.1 Å². The van der Waals surface area contributed by atoms with Gasteiger partial charge in [-0.15, -0.1) is 18.3 Å². The molecule has 0 radical (unpaired) electrons. The number of thioether (sulfide) groups is 1. The number of benzene rings is 2. The second kappa shape index (κ2) is 14.7. The third-order valence-electron chi connectivity index (χ3n) is 7.82. The van der Waals surface area contributed by atoms with Gasteiger partial charge in [0.25, 0.3) is 11.8 Å². The van der Waals surface area contributed by atoms with Crippen LogP contribution in [0.4, 0.5) is 0 Å². The number of fused-ring (bicyclic) bond motifs is 1. The van der Waals surface area contributed by atoms with Crippen LogP contribution in [0.15, 0.2) is 79.4 Å². The molecule has 0 spiro atoms. The number of pyridine rings is 1. The highest BCUT2D eigenvalue weighted by atomic mass is 32.2. The Morgan fingerprint density at radius 2 is 1.73 bits per heavy atom. The first-order valence-electron chi connectivity index (χ1n) is 14.9. The Balaban J connectivity index is 1.56. The van der Waals surface area contributed by atoms with Crippen LogP contribution in [0.2, 0.25) is 0 Å². The lowest BCUT2D eigenvalue weighted by Gasteiger charge is -2.34. The van der Waals surface area contributed by atoms with Crippen molar-refractivity contribution in [2.24, 2.45) is 5.92 Å². The molecule has 0 unspecified atom stereocenters. The molecule has 0 aliphatic carbocycles. The molecule has 1 saturated heterocycles. The van der Waals surface area contributed by atoms with Crippen molar-refractivity contribution in [2.45, 2.75) is 63.1 Å². The number of hydrogen-bond donors (Lipinski definition) is 4. The number of nitrogens with zero attached hydrogens (tertiary/aromatic N) is 2. The Morgan fingerprint density at radius 1 is 1.04 bits per heavy atom. The summed E-state index contributed by atoms with van der Waals surface area (Å²) in [5.74, 6) is -2.21. The van der Waals surface area contributed by atoms with Gasteiger partial charge in [0.05, 0.1) is 17.4 Å². The Hall–Kier alpha value is -4.22. The van der Waals surface area contributed by atoms with E-state index in [-0.39, 0.29) is 36.4 Å². The Morgan fingerprint density at radius 3 is 2.42 bits per heavy atom. The monoisotopic (exact) mass is 631 g/mol. The maximum atomic E-state index is 13.8. The average Bonchev–Trinajstić information content (AvgIpc) is 3.35. The Bertz CT molecular complexity index is 1550. The molecule has 45 heavy (non-hydrogen) atoms. The smallest absolute Gasteiger partial charge is 0.270 e. The fourth-order valence-electron chi connectivity index (χ4n) is 5.35. The minimum atomic E-state index is -1.66. The van der Waals surface area contributed by atoms with E-state index in [1.807, 2.05) is 62.4 Å². The largest absolute Gasteiger partial charge is 0.381 e. The first-order valence-corrected chi connectivity index (χ1v) is 15.9. The second-order valence-electron chi connectivity index (χ2n) is 12.0. The van der Waals surface area contributed by atoms with Gasteiger partial charge in [0.2, 0.25) is 11.8 Å². The highest BCUT2D eigenvalue weighted by Crippen LogP contribution is 2.39. The summed E-state index contributed by atoms with van der Waals surface area (Å²) >= 11 is 1.43.